The first kappa shape index (κ1) is 24.4. The molecule has 0 spiro atoms. The van der Waals surface area contributed by atoms with Crippen molar-refractivity contribution in [2.75, 3.05) is 6.61 Å². The number of ketones is 1. The summed E-state index contributed by atoms with van der Waals surface area (Å²) < 4.78 is 37.4. The van der Waals surface area contributed by atoms with Gasteiger partial charge in [0.1, 0.15) is 11.5 Å². The lowest BCUT2D eigenvalue weighted by atomic mass is 10.1. The third-order valence-corrected chi connectivity index (χ3v) is 5.30. The van der Waals surface area contributed by atoms with Gasteiger partial charge in [-0.2, -0.15) is 8.42 Å². The molecule has 0 saturated heterocycles. The number of unbranched alkanes of at least 4 members (excludes halogenated alkanes) is 9. The maximum absolute atomic E-state index is 11.7. The second kappa shape index (κ2) is 13.5. The highest BCUT2D eigenvalue weighted by atomic mass is 32.2. The van der Waals surface area contributed by atoms with Crippen molar-refractivity contribution < 1.29 is 22.5 Å². The molecule has 0 aliphatic carbocycles. The molecule has 5 nitrogen and oxygen atoms in total. The largest absolute Gasteiger partial charge is 0.493 e. The van der Waals surface area contributed by atoms with Gasteiger partial charge in [-0.25, -0.2) is 0 Å². The molecule has 0 bridgehead atoms. The second-order valence-corrected chi connectivity index (χ2v) is 8.60. The number of ether oxygens (including phenoxy) is 1. The summed E-state index contributed by atoms with van der Waals surface area (Å²) in [7, 11) is -4.22. The summed E-state index contributed by atoms with van der Waals surface area (Å²) in [6, 6.07) is 4.59. The maximum atomic E-state index is 11.7. The Kier molecular flexibility index (Phi) is 11.8. The molecule has 0 heterocycles. The van der Waals surface area contributed by atoms with Crippen LogP contribution in [-0.2, 0) is 15.9 Å². The van der Waals surface area contributed by atoms with Gasteiger partial charge in [-0.15, -0.1) is 0 Å². The van der Waals surface area contributed by atoms with Crippen LogP contribution in [0, 0.1) is 0 Å². The SMILES string of the molecule is C=CC(=O)c1ccc(OCCCCCCCCCCCC)c(CS(=O)(=O)O)c1. The Morgan fingerprint density at radius 2 is 1.61 bits per heavy atom. The second-order valence-electron chi connectivity index (χ2n) is 7.15. The van der Waals surface area contributed by atoms with Crippen LogP contribution in [0.1, 0.15) is 87.1 Å². The fourth-order valence-corrected chi connectivity index (χ4v) is 3.69. The minimum atomic E-state index is -4.22. The molecule has 1 rings (SSSR count). The fraction of sp³-hybridized carbons (Fsp3) is 0.591. The molecule has 158 valence electrons. The molecule has 0 fully saturated rings. The summed E-state index contributed by atoms with van der Waals surface area (Å²) in [5, 5.41) is 0. The van der Waals surface area contributed by atoms with E-state index in [-0.39, 0.29) is 11.3 Å². The average Bonchev–Trinajstić information content (AvgIpc) is 2.65. The molecule has 28 heavy (non-hydrogen) atoms. The molecule has 6 heteroatoms. The maximum Gasteiger partial charge on any atom is 0.269 e. The van der Waals surface area contributed by atoms with E-state index in [4.69, 9.17) is 9.29 Å². The van der Waals surface area contributed by atoms with Gasteiger partial charge < -0.3 is 4.74 Å². The van der Waals surface area contributed by atoms with Crippen LogP contribution < -0.4 is 4.74 Å². The molecule has 0 atom stereocenters. The smallest absolute Gasteiger partial charge is 0.269 e. The Bertz CT molecular complexity index is 710. The third kappa shape index (κ3) is 10.6. The van der Waals surface area contributed by atoms with Gasteiger partial charge in [0.2, 0.25) is 0 Å². The van der Waals surface area contributed by atoms with E-state index in [2.05, 4.69) is 13.5 Å². The summed E-state index contributed by atoms with van der Waals surface area (Å²) in [5.74, 6) is -0.509. The topological polar surface area (TPSA) is 80.7 Å². The van der Waals surface area contributed by atoms with E-state index in [1.165, 1.54) is 57.4 Å². The highest BCUT2D eigenvalue weighted by molar-refractivity contribution is 7.85. The van der Waals surface area contributed by atoms with Crippen molar-refractivity contribution >= 4 is 15.9 Å². The average molecular weight is 411 g/mol. The molecule has 0 saturated carbocycles. The van der Waals surface area contributed by atoms with Gasteiger partial charge in [0.15, 0.2) is 5.78 Å². The molecule has 0 aromatic heterocycles. The lowest BCUT2D eigenvalue weighted by molar-refractivity contribution is 0.104. The van der Waals surface area contributed by atoms with E-state index < -0.39 is 15.9 Å². The molecule has 0 aliphatic rings. The van der Waals surface area contributed by atoms with Gasteiger partial charge in [0, 0.05) is 11.1 Å². The van der Waals surface area contributed by atoms with Crippen LogP contribution in [0.4, 0.5) is 0 Å². The summed E-state index contributed by atoms with van der Waals surface area (Å²) in [4.78, 5) is 11.7. The van der Waals surface area contributed by atoms with Crippen molar-refractivity contribution in [2.24, 2.45) is 0 Å². The summed E-state index contributed by atoms with van der Waals surface area (Å²) >= 11 is 0. The minimum absolute atomic E-state index is 0.280. The van der Waals surface area contributed by atoms with Crippen LogP contribution >= 0.6 is 0 Å². The lowest BCUT2D eigenvalue weighted by Crippen LogP contribution is -2.07. The van der Waals surface area contributed by atoms with Crippen LogP contribution in [0.5, 0.6) is 5.75 Å². The van der Waals surface area contributed by atoms with Gasteiger partial charge in [-0.3, -0.25) is 9.35 Å². The molecular weight excluding hydrogens is 376 g/mol. The molecule has 0 aliphatic heterocycles. The van der Waals surface area contributed by atoms with Crippen LogP contribution in [0.15, 0.2) is 30.9 Å². The summed E-state index contributed by atoms with van der Waals surface area (Å²) in [6.07, 6.45) is 13.4. The first-order chi connectivity index (χ1) is 13.4. The van der Waals surface area contributed by atoms with E-state index >= 15 is 0 Å². The summed E-state index contributed by atoms with van der Waals surface area (Å²) in [5.41, 5.74) is 0.599. The number of carbonyl (C=O) groups excluding carboxylic acids is 1. The van der Waals surface area contributed by atoms with Crippen LogP contribution in [0.25, 0.3) is 0 Å². The van der Waals surface area contributed by atoms with Gasteiger partial charge >= 0.3 is 0 Å². The number of benzene rings is 1. The first-order valence-electron chi connectivity index (χ1n) is 10.2. The predicted molar refractivity (Wildman–Crippen MR) is 114 cm³/mol. The van der Waals surface area contributed by atoms with Crippen LogP contribution in [0.2, 0.25) is 0 Å². The van der Waals surface area contributed by atoms with E-state index in [0.717, 1.165) is 18.9 Å². The fourth-order valence-electron chi connectivity index (χ4n) is 3.07. The number of allylic oxidation sites excluding steroid dienone is 1. The molecule has 0 amide bonds. The van der Waals surface area contributed by atoms with Crippen molar-refractivity contribution in [3.05, 3.63) is 42.0 Å². The summed E-state index contributed by atoms with van der Waals surface area (Å²) in [6.45, 7) is 6.13. The van der Waals surface area contributed by atoms with E-state index in [1.807, 2.05) is 0 Å². The molecule has 1 N–H and O–H groups in total. The molecule has 1 aromatic rings. The quantitative estimate of drug-likeness (QED) is 0.163. The van der Waals surface area contributed by atoms with E-state index in [0.29, 0.717) is 17.9 Å². The van der Waals surface area contributed by atoms with Crippen molar-refractivity contribution in [2.45, 2.75) is 76.9 Å². The van der Waals surface area contributed by atoms with E-state index in [9.17, 15) is 13.2 Å². The normalized spacial score (nSPS) is 11.4. The zero-order chi connectivity index (χ0) is 20.8. The van der Waals surface area contributed by atoms with Crippen molar-refractivity contribution in [1.82, 2.24) is 0 Å². The Labute approximate surface area is 169 Å². The Morgan fingerprint density at radius 3 is 2.14 bits per heavy atom. The Morgan fingerprint density at radius 1 is 1.04 bits per heavy atom. The number of rotatable bonds is 16. The lowest BCUT2D eigenvalue weighted by Gasteiger charge is -2.12. The minimum Gasteiger partial charge on any atom is -0.493 e. The number of hydrogen-bond acceptors (Lipinski definition) is 4. The van der Waals surface area contributed by atoms with Crippen LogP contribution in [0.3, 0.4) is 0 Å². The zero-order valence-corrected chi connectivity index (χ0v) is 17.8. The standard InChI is InChI=1S/C22H34O5S/c1-3-5-6-7-8-9-10-11-12-13-16-27-22-15-14-19(21(23)4-2)17-20(22)18-28(24,25)26/h4,14-15,17H,2-3,5-13,16,18H2,1H3,(H,24,25,26). The predicted octanol–water partition coefficient (Wildman–Crippen LogP) is 5.74. The van der Waals surface area contributed by atoms with Gasteiger partial charge in [0.25, 0.3) is 10.1 Å². The first-order valence-corrected chi connectivity index (χ1v) is 11.9. The third-order valence-electron chi connectivity index (χ3n) is 4.62. The molecule has 1 aromatic carbocycles. The molecule has 0 radical (unpaired) electrons. The highest BCUT2D eigenvalue weighted by Crippen LogP contribution is 2.23. The zero-order valence-electron chi connectivity index (χ0n) is 17.0. The van der Waals surface area contributed by atoms with E-state index in [1.54, 1.807) is 12.1 Å². The Hall–Kier alpha value is -1.66. The van der Waals surface area contributed by atoms with Crippen molar-refractivity contribution in [3.8, 4) is 5.75 Å². The van der Waals surface area contributed by atoms with Crippen LogP contribution in [-0.4, -0.2) is 25.4 Å². The molecule has 0 unspecified atom stereocenters. The van der Waals surface area contributed by atoms with Gasteiger partial charge in [0.05, 0.1) is 6.61 Å². The highest BCUT2D eigenvalue weighted by Gasteiger charge is 2.14. The number of hydrogen-bond donors (Lipinski definition) is 1. The Balaban J connectivity index is 2.40. The van der Waals surface area contributed by atoms with Gasteiger partial charge in [-0.1, -0.05) is 71.3 Å². The number of carbonyl (C=O) groups is 1. The van der Waals surface area contributed by atoms with Gasteiger partial charge in [-0.05, 0) is 30.7 Å². The van der Waals surface area contributed by atoms with Crippen molar-refractivity contribution in [3.63, 3.8) is 0 Å². The molecular formula is C22H34O5S. The monoisotopic (exact) mass is 410 g/mol. The van der Waals surface area contributed by atoms with Crippen molar-refractivity contribution in [1.29, 1.82) is 0 Å².